The van der Waals surface area contributed by atoms with Crippen LogP contribution in [0.4, 0.5) is 0 Å². The summed E-state index contributed by atoms with van der Waals surface area (Å²) < 4.78 is 14.7. The van der Waals surface area contributed by atoms with Crippen molar-refractivity contribution < 1.29 is 9.47 Å². The lowest BCUT2D eigenvalue weighted by molar-refractivity contribution is -0.247. The average Bonchev–Trinajstić information content (AvgIpc) is 3.44. The van der Waals surface area contributed by atoms with Gasteiger partial charge in [-0.2, -0.15) is 0 Å². The normalized spacial score (nSPS) is 49.6. The Morgan fingerprint density at radius 1 is 0.929 bits per heavy atom. The van der Waals surface area contributed by atoms with Crippen LogP contribution in [0, 0.1) is 34.5 Å². The van der Waals surface area contributed by atoms with Crippen LogP contribution in [-0.2, 0) is 9.47 Å². The summed E-state index contributed by atoms with van der Waals surface area (Å²) in [4.78, 5) is 0. The molecule has 7 atom stereocenters. The Bertz CT molecular complexity index is 730. The van der Waals surface area contributed by atoms with Gasteiger partial charge < -0.3 is 9.47 Å². The lowest BCUT2D eigenvalue weighted by Gasteiger charge is -2.61. The minimum atomic E-state index is -0.259. The van der Waals surface area contributed by atoms with Crippen LogP contribution >= 0.6 is 0 Å². The summed E-state index contributed by atoms with van der Waals surface area (Å²) in [6.07, 6.45) is 15.7. The zero-order valence-electron chi connectivity index (χ0n) is 17.5. The van der Waals surface area contributed by atoms with Crippen molar-refractivity contribution in [3.63, 3.8) is 0 Å². The zero-order valence-corrected chi connectivity index (χ0v) is 17.5. The second kappa shape index (κ2) is 6.04. The van der Waals surface area contributed by atoms with E-state index in [1.165, 1.54) is 51.4 Å². The van der Waals surface area contributed by atoms with Crippen molar-refractivity contribution in [2.75, 3.05) is 13.2 Å². The summed E-state index contributed by atoms with van der Waals surface area (Å²) in [7, 11) is 0. The molecule has 0 N–H and O–H groups in total. The maximum Gasteiger partial charge on any atom is 0.174 e. The molecule has 1 spiro atoms. The van der Waals surface area contributed by atoms with Crippen molar-refractivity contribution >= 4 is 0 Å². The summed E-state index contributed by atoms with van der Waals surface area (Å²) in [5.41, 5.74) is 0.736. The van der Waals surface area contributed by atoms with Crippen LogP contribution in [0.3, 0.4) is 0 Å². The molecule has 0 amide bonds. The van der Waals surface area contributed by atoms with Gasteiger partial charge in [-0.3, -0.25) is 0 Å². The van der Waals surface area contributed by atoms with Crippen LogP contribution in [0.25, 0.3) is 0 Å². The average molecular weight is 386 g/mol. The highest BCUT2D eigenvalue weighted by atomic mass is 16.7. The first-order valence-corrected chi connectivity index (χ1v) is 11.7. The van der Waals surface area contributed by atoms with Gasteiger partial charge in [-0.05, 0) is 80.5 Å². The van der Waals surface area contributed by atoms with E-state index in [0.717, 1.165) is 43.3 Å². The fraction of sp³-hybridized carbons (Fsp3) is 0.913. The van der Waals surface area contributed by atoms with Crippen LogP contribution < -0.4 is 0 Å². The zero-order chi connectivity index (χ0) is 19.0. The molecule has 154 valence electrons. The number of nitrogens with zero attached hydrogens (tertiary/aromatic N) is 3. The van der Waals surface area contributed by atoms with E-state index in [-0.39, 0.29) is 11.2 Å². The van der Waals surface area contributed by atoms with Gasteiger partial charge in [-0.25, -0.2) is 4.68 Å². The number of hydrogen-bond donors (Lipinski definition) is 0. The van der Waals surface area contributed by atoms with E-state index in [2.05, 4.69) is 35.0 Å². The molecule has 2 unspecified atom stereocenters. The SMILES string of the molecule is C[C@]12CCC(n3ccnn3)CC1CC[C@@H]1[C@@H]2CC[C@@]2(C)[C@H]1CCC21OCCO1. The Labute approximate surface area is 168 Å². The predicted octanol–water partition coefficient (Wildman–Crippen LogP) is 4.61. The molecular weight excluding hydrogens is 350 g/mol. The summed E-state index contributed by atoms with van der Waals surface area (Å²) in [5.74, 6) is 3.13. The Kier molecular flexibility index (Phi) is 3.86. The quantitative estimate of drug-likeness (QED) is 0.709. The van der Waals surface area contributed by atoms with Gasteiger partial charge in [0.2, 0.25) is 0 Å². The van der Waals surface area contributed by atoms with E-state index in [4.69, 9.17) is 9.47 Å². The van der Waals surface area contributed by atoms with Crippen molar-refractivity contribution in [1.29, 1.82) is 0 Å². The number of fused-ring (bicyclic) bond motifs is 6. The molecule has 1 saturated heterocycles. The first-order chi connectivity index (χ1) is 13.6. The van der Waals surface area contributed by atoms with Gasteiger partial charge in [-0.15, -0.1) is 5.10 Å². The highest BCUT2D eigenvalue weighted by Crippen LogP contribution is 2.69. The molecule has 5 fully saturated rings. The number of aromatic nitrogens is 3. The van der Waals surface area contributed by atoms with Crippen molar-refractivity contribution in [2.24, 2.45) is 34.5 Å². The molecule has 1 aromatic rings. The third-order valence-corrected chi connectivity index (χ3v) is 10.3. The maximum atomic E-state index is 6.30. The van der Waals surface area contributed by atoms with E-state index in [1.807, 2.05) is 6.20 Å². The highest BCUT2D eigenvalue weighted by molar-refractivity contribution is 5.13. The van der Waals surface area contributed by atoms with Crippen molar-refractivity contribution in [3.8, 4) is 0 Å². The molecule has 1 aromatic heterocycles. The van der Waals surface area contributed by atoms with Gasteiger partial charge in [0.05, 0.1) is 25.5 Å². The molecule has 5 aliphatic rings. The molecule has 28 heavy (non-hydrogen) atoms. The molecule has 2 heterocycles. The third-order valence-electron chi connectivity index (χ3n) is 10.3. The van der Waals surface area contributed by atoms with E-state index >= 15 is 0 Å². The van der Waals surface area contributed by atoms with E-state index < -0.39 is 0 Å². The summed E-state index contributed by atoms with van der Waals surface area (Å²) in [6.45, 7) is 6.73. The van der Waals surface area contributed by atoms with Crippen LogP contribution in [0.5, 0.6) is 0 Å². The Hall–Kier alpha value is -0.940. The fourth-order valence-electron chi connectivity index (χ4n) is 8.77. The van der Waals surface area contributed by atoms with Gasteiger partial charge in [-0.1, -0.05) is 19.1 Å². The molecule has 0 aromatic carbocycles. The van der Waals surface area contributed by atoms with E-state index in [0.29, 0.717) is 11.5 Å². The molecule has 4 aliphatic carbocycles. The van der Waals surface area contributed by atoms with E-state index in [1.54, 1.807) is 0 Å². The second-order valence-corrected chi connectivity index (χ2v) is 10.9. The maximum absolute atomic E-state index is 6.30. The summed E-state index contributed by atoms with van der Waals surface area (Å²) in [6, 6.07) is 0.557. The minimum absolute atomic E-state index is 0.228. The molecule has 0 bridgehead atoms. The topological polar surface area (TPSA) is 49.2 Å². The number of ether oxygens (including phenoxy) is 2. The number of hydrogen-bond acceptors (Lipinski definition) is 4. The van der Waals surface area contributed by atoms with Crippen LogP contribution in [0.15, 0.2) is 12.4 Å². The van der Waals surface area contributed by atoms with Gasteiger partial charge in [0.25, 0.3) is 0 Å². The first kappa shape index (κ1) is 17.9. The van der Waals surface area contributed by atoms with Crippen LogP contribution in [0.2, 0.25) is 0 Å². The molecule has 5 nitrogen and oxygen atoms in total. The monoisotopic (exact) mass is 385 g/mol. The van der Waals surface area contributed by atoms with Gasteiger partial charge in [0.15, 0.2) is 5.79 Å². The molecule has 4 saturated carbocycles. The Morgan fingerprint density at radius 2 is 1.75 bits per heavy atom. The first-order valence-electron chi connectivity index (χ1n) is 11.7. The second-order valence-electron chi connectivity index (χ2n) is 10.9. The van der Waals surface area contributed by atoms with Gasteiger partial charge in [0, 0.05) is 18.0 Å². The molecule has 0 radical (unpaired) electrons. The fourth-order valence-corrected chi connectivity index (χ4v) is 8.77. The van der Waals surface area contributed by atoms with Crippen LogP contribution in [-0.4, -0.2) is 34.0 Å². The molecule has 6 rings (SSSR count). The summed E-state index contributed by atoms with van der Waals surface area (Å²) in [5, 5.41) is 8.37. The molecule has 5 heteroatoms. The summed E-state index contributed by atoms with van der Waals surface area (Å²) >= 11 is 0. The lowest BCUT2D eigenvalue weighted by atomic mass is 9.45. The van der Waals surface area contributed by atoms with E-state index in [9.17, 15) is 0 Å². The Morgan fingerprint density at radius 3 is 2.54 bits per heavy atom. The lowest BCUT2D eigenvalue weighted by Crippen LogP contribution is -2.56. The standard InChI is InChI=1S/C23H35N3O2/c1-21-8-5-17(26-12-11-24-25-26)15-16(21)3-4-18-19(21)6-9-22(2)20(18)7-10-23(22)27-13-14-28-23/h11-12,16-20H,3-10,13-15H2,1-2H3/t16?,17?,18-,19+,20+,21+,22+/m1/s1. The number of rotatable bonds is 1. The van der Waals surface area contributed by atoms with Crippen molar-refractivity contribution in [2.45, 2.75) is 83.5 Å². The third kappa shape index (κ3) is 2.21. The van der Waals surface area contributed by atoms with Crippen LogP contribution in [0.1, 0.15) is 77.7 Å². The predicted molar refractivity (Wildman–Crippen MR) is 105 cm³/mol. The van der Waals surface area contributed by atoms with Crippen molar-refractivity contribution in [1.82, 2.24) is 15.0 Å². The highest BCUT2D eigenvalue weighted by Gasteiger charge is 2.67. The Balaban J connectivity index is 1.26. The molecular formula is C23H35N3O2. The van der Waals surface area contributed by atoms with Crippen molar-refractivity contribution in [3.05, 3.63) is 12.4 Å². The minimum Gasteiger partial charge on any atom is -0.347 e. The van der Waals surface area contributed by atoms with Gasteiger partial charge >= 0.3 is 0 Å². The largest absolute Gasteiger partial charge is 0.347 e. The smallest absolute Gasteiger partial charge is 0.174 e. The molecule has 1 aliphatic heterocycles. The van der Waals surface area contributed by atoms with Gasteiger partial charge in [0.1, 0.15) is 0 Å².